The Labute approximate surface area is 162 Å². The number of aryl methyl sites for hydroxylation is 1. The zero-order valence-electron chi connectivity index (χ0n) is 15.0. The minimum absolute atomic E-state index is 0.369. The van der Waals surface area contributed by atoms with Gasteiger partial charge in [0.05, 0.1) is 23.4 Å². The first-order valence-corrected chi connectivity index (χ1v) is 8.70. The number of hydrogen-bond acceptors (Lipinski definition) is 6. The number of carbonyl (C=O) groups is 1. The summed E-state index contributed by atoms with van der Waals surface area (Å²) >= 11 is 6.20. The number of methoxy groups -OCH3 is 1. The first kappa shape index (κ1) is 18.7. The summed E-state index contributed by atoms with van der Waals surface area (Å²) < 4.78 is 4.73. The van der Waals surface area contributed by atoms with E-state index in [4.69, 9.17) is 16.3 Å². The molecule has 0 saturated heterocycles. The molecule has 0 amide bonds. The van der Waals surface area contributed by atoms with Gasteiger partial charge in [0.25, 0.3) is 0 Å². The molecule has 0 spiro atoms. The number of benzene rings is 2. The van der Waals surface area contributed by atoms with Crippen molar-refractivity contribution >= 4 is 35.0 Å². The van der Waals surface area contributed by atoms with Crippen molar-refractivity contribution in [1.29, 1.82) is 0 Å². The minimum Gasteiger partial charge on any atom is -0.465 e. The molecule has 138 valence electrons. The lowest BCUT2D eigenvalue weighted by Crippen LogP contribution is -2.05. The Morgan fingerprint density at radius 3 is 2.81 bits per heavy atom. The summed E-state index contributed by atoms with van der Waals surface area (Å²) in [6, 6.07) is 14.9. The number of aromatic nitrogens is 2. The molecule has 0 fully saturated rings. The molecule has 0 bridgehead atoms. The second-order valence-electron chi connectivity index (χ2n) is 5.92. The summed E-state index contributed by atoms with van der Waals surface area (Å²) in [5.74, 6) is 0.603. The number of hydrogen-bond donors (Lipinski definition) is 2. The van der Waals surface area contributed by atoms with Gasteiger partial charge in [0, 0.05) is 12.7 Å². The predicted octanol–water partition coefficient (Wildman–Crippen LogP) is 4.58. The van der Waals surface area contributed by atoms with Crippen LogP contribution in [-0.2, 0) is 11.3 Å². The largest absolute Gasteiger partial charge is 0.465 e. The van der Waals surface area contributed by atoms with E-state index in [9.17, 15) is 4.79 Å². The lowest BCUT2D eigenvalue weighted by molar-refractivity contribution is 0.0601. The number of halogens is 1. The highest BCUT2D eigenvalue weighted by atomic mass is 35.5. The molecule has 1 heterocycles. The van der Waals surface area contributed by atoms with Crippen LogP contribution >= 0.6 is 11.6 Å². The number of nitrogens with zero attached hydrogens (tertiary/aromatic N) is 2. The third kappa shape index (κ3) is 4.95. The Bertz CT molecular complexity index is 962. The van der Waals surface area contributed by atoms with Crippen LogP contribution in [0.1, 0.15) is 21.5 Å². The van der Waals surface area contributed by atoms with E-state index in [0.717, 1.165) is 5.56 Å². The maximum absolute atomic E-state index is 11.7. The van der Waals surface area contributed by atoms with Crippen LogP contribution in [0.25, 0.3) is 0 Å². The molecule has 0 aliphatic heterocycles. The number of rotatable bonds is 6. The van der Waals surface area contributed by atoms with Crippen LogP contribution in [-0.4, -0.2) is 23.0 Å². The first-order valence-electron chi connectivity index (χ1n) is 8.32. The van der Waals surface area contributed by atoms with Crippen molar-refractivity contribution < 1.29 is 9.53 Å². The summed E-state index contributed by atoms with van der Waals surface area (Å²) in [6.45, 7) is 2.71. The Morgan fingerprint density at radius 1 is 1.19 bits per heavy atom. The van der Waals surface area contributed by atoms with Crippen molar-refractivity contribution in [1.82, 2.24) is 9.97 Å². The van der Waals surface area contributed by atoms with Crippen molar-refractivity contribution in [2.75, 3.05) is 17.7 Å². The topological polar surface area (TPSA) is 76.1 Å². The summed E-state index contributed by atoms with van der Waals surface area (Å²) in [5.41, 5.74) is 3.28. The van der Waals surface area contributed by atoms with Crippen molar-refractivity contribution in [3.05, 3.63) is 76.4 Å². The average molecular weight is 383 g/mol. The summed E-state index contributed by atoms with van der Waals surface area (Å²) in [7, 11) is 1.33. The fraction of sp³-hybridized carbons (Fsp3) is 0.150. The van der Waals surface area contributed by atoms with Gasteiger partial charge in [-0.2, -0.15) is 4.98 Å². The Kier molecular flexibility index (Phi) is 5.88. The van der Waals surface area contributed by atoms with E-state index in [2.05, 4.69) is 45.7 Å². The molecule has 3 rings (SSSR count). The highest BCUT2D eigenvalue weighted by Gasteiger charge is 2.10. The zero-order chi connectivity index (χ0) is 19.2. The molecule has 2 N–H and O–H groups in total. The lowest BCUT2D eigenvalue weighted by atomic mass is 10.1. The smallest absolute Gasteiger partial charge is 0.337 e. The van der Waals surface area contributed by atoms with Crippen LogP contribution in [0.5, 0.6) is 0 Å². The van der Waals surface area contributed by atoms with Crippen LogP contribution in [0.2, 0.25) is 5.02 Å². The van der Waals surface area contributed by atoms with Gasteiger partial charge in [0.15, 0.2) is 0 Å². The molecule has 0 saturated carbocycles. The minimum atomic E-state index is -0.441. The molecule has 0 aliphatic carbocycles. The molecule has 0 atom stereocenters. The molecule has 0 radical (unpaired) electrons. The van der Waals surface area contributed by atoms with E-state index in [0.29, 0.717) is 34.6 Å². The average Bonchev–Trinajstić information content (AvgIpc) is 2.68. The molecule has 1 aromatic heterocycles. The number of nitrogens with one attached hydrogen (secondary N) is 2. The molecule has 0 unspecified atom stereocenters. The number of esters is 1. The van der Waals surface area contributed by atoms with Gasteiger partial charge in [-0.05, 0) is 36.8 Å². The maximum Gasteiger partial charge on any atom is 0.337 e. The Balaban J connectivity index is 1.73. The van der Waals surface area contributed by atoms with Crippen molar-refractivity contribution in [2.24, 2.45) is 0 Å². The quantitative estimate of drug-likeness (QED) is 0.608. The van der Waals surface area contributed by atoms with E-state index < -0.39 is 5.97 Å². The molecule has 0 aliphatic rings. The van der Waals surface area contributed by atoms with Crippen molar-refractivity contribution in [2.45, 2.75) is 13.5 Å². The Morgan fingerprint density at radius 2 is 2.04 bits per heavy atom. The van der Waals surface area contributed by atoms with Gasteiger partial charge in [-0.25, -0.2) is 9.78 Å². The van der Waals surface area contributed by atoms with E-state index >= 15 is 0 Å². The van der Waals surface area contributed by atoms with Gasteiger partial charge in [-0.1, -0.05) is 41.4 Å². The first-order chi connectivity index (χ1) is 13.0. The number of anilines is 3. The maximum atomic E-state index is 11.7. The van der Waals surface area contributed by atoms with Gasteiger partial charge in [-0.3, -0.25) is 0 Å². The fourth-order valence-corrected chi connectivity index (χ4v) is 2.68. The van der Waals surface area contributed by atoms with Crippen LogP contribution in [0.15, 0.2) is 54.7 Å². The SMILES string of the molecule is COC(=O)c1ccc(Cl)c(Nc2nccc(NCc3cccc(C)c3)n2)c1. The van der Waals surface area contributed by atoms with Gasteiger partial charge < -0.3 is 15.4 Å². The van der Waals surface area contributed by atoms with E-state index in [1.165, 1.54) is 12.7 Å². The molecule has 7 heteroatoms. The van der Waals surface area contributed by atoms with Crippen LogP contribution < -0.4 is 10.6 Å². The predicted molar refractivity (Wildman–Crippen MR) is 107 cm³/mol. The fourth-order valence-electron chi connectivity index (χ4n) is 2.52. The molecular weight excluding hydrogens is 364 g/mol. The van der Waals surface area contributed by atoms with Gasteiger partial charge in [0.2, 0.25) is 5.95 Å². The van der Waals surface area contributed by atoms with Crippen molar-refractivity contribution in [3.8, 4) is 0 Å². The van der Waals surface area contributed by atoms with E-state index in [-0.39, 0.29) is 0 Å². The number of carbonyl (C=O) groups excluding carboxylic acids is 1. The standard InChI is InChI=1S/C20H19ClN4O2/c1-13-4-3-5-14(10-13)12-23-18-8-9-22-20(25-18)24-17-11-15(19(26)27-2)6-7-16(17)21/h3-11H,12H2,1-2H3,(H2,22,23,24,25). The molecule has 27 heavy (non-hydrogen) atoms. The third-order valence-electron chi connectivity index (χ3n) is 3.85. The monoisotopic (exact) mass is 382 g/mol. The highest BCUT2D eigenvalue weighted by molar-refractivity contribution is 6.33. The lowest BCUT2D eigenvalue weighted by Gasteiger charge is -2.11. The van der Waals surface area contributed by atoms with Gasteiger partial charge >= 0.3 is 5.97 Å². The molecular formula is C20H19ClN4O2. The van der Waals surface area contributed by atoms with Crippen molar-refractivity contribution in [3.63, 3.8) is 0 Å². The van der Waals surface area contributed by atoms with Crippen LogP contribution in [0.3, 0.4) is 0 Å². The Hall–Kier alpha value is -3.12. The number of ether oxygens (including phenoxy) is 1. The molecule has 6 nitrogen and oxygen atoms in total. The van der Waals surface area contributed by atoms with E-state index in [1.54, 1.807) is 30.5 Å². The van der Waals surface area contributed by atoms with E-state index in [1.807, 2.05) is 6.07 Å². The second-order valence-corrected chi connectivity index (χ2v) is 6.33. The summed E-state index contributed by atoms with van der Waals surface area (Å²) in [5, 5.41) is 6.76. The molecule has 3 aromatic rings. The summed E-state index contributed by atoms with van der Waals surface area (Å²) in [4.78, 5) is 20.3. The zero-order valence-corrected chi connectivity index (χ0v) is 15.7. The van der Waals surface area contributed by atoms with Crippen LogP contribution in [0.4, 0.5) is 17.5 Å². The van der Waals surface area contributed by atoms with Gasteiger partial charge in [-0.15, -0.1) is 0 Å². The summed E-state index contributed by atoms with van der Waals surface area (Å²) in [6.07, 6.45) is 1.64. The third-order valence-corrected chi connectivity index (χ3v) is 4.18. The second kappa shape index (κ2) is 8.51. The highest BCUT2D eigenvalue weighted by Crippen LogP contribution is 2.26. The van der Waals surface area contributed by atoms with Crippen LogP contribution in [0, 0.1) is 6.92 Å². The molecule has 2 aromatic carbocycles. The van der Waals surface area contributed by atoms with Gasteiger partial charge in [0.1, 0.15) is 5.82 Å². The normalized spacial score (nSPS) is 10.3.